The number of nitrogens with zero attached hydrogens (tertiary/aromatic N) is 1. The predicted molar refractivity (Wildman–Crippen MR) is 47.7 cm³/mol. The average molecular weight is 192 g/mol. The molecule has 14 heavy (non-hydrogen) atoms. The zero-order valence-electron chi connectivity index (χ0n) is 7.36. The fourth-order valence-electron chi connectivity index (χ4n) is 1.45. The van der Waals surface area contributed by atoms with Gasteiger partial charge in [0.25, 0.3) is 0 Å². The van der Waals surface area contributed by atoms with Gasteiger partial charge in [-0.25, -0.2) is 8.78 Å². The average Bonchev–Trinajstić information content (AvgIpc) is 2.58. The van der Waals surface area contributed by atoms with E-state index in [-0.39, 0.29) is 11.2 Å². The minimum atomic E-state index is -0.938. The smallest absolute Gasteiger partial charge is 0.182 e. The van der Waals surface area contributed by atoms with E-state index < -0.39 is 11.6 Å². The van der Waals surface area contributed by atoms with E-state index in [1.165, 1.54) is 6.07 Å². The molecule has 1 aromatic carbocycles. The van der Waals surface area contributed by atoms with E-state index in [1.807, 2.05) is 6.07 Å². The summed E-state index contributed by atoms with van der Waals surface area (Å²) in [6.45, 7) is 1.67. The van der Waals surface area contributed by atoms with Gasteiger partial charge in [-0.05, 0) is 24.6 Å². The summed E-state index contributed by atoms with van der Waals surface area (Å²) >= 11 is 0. The van der Waals surface area contributed by atoms with Gasteiger partial charge in [0.05, 0.1) is 5.52 Å². The molecule has 0 amide bonds. The first-order valence-electron chi connectivity index (χ1n) is 4.01. The number of aromatic amines is 1. The number of aromatic nitrogens is 1. The molecular formula is C10H6F2N2. The van der Waals surface area contributed by atoms with Gasteiger partial charge in [-0.2, -0.15) is 5.26 Å². The van der Waals surface area contributed by atoms with Crippen molar-refractivity contribution in [3.05, 3.63) is 35.0 Å². The highest BCUT2D eigenvalue weighted by Gasteiger charge is 2.12. The topological polar surface area (TPSA) is 39.6 Å². The van der Waals surface area contributed by atoms with Crippen LogP contribution in [0.15, 0.2) is 12.1 Å². The van der Waals surface area contributed by atoms with Crippen LogP contribution < -0.4 is 0 Å². The molecule has 0 unspecified atom stereocenters. The third-order valence-corrected chi connectivity index (χ3v) is 2.14. The number of rotatable bonds is 0. The molecule has 0 aliphatic carbocycles. The van der Waals surface area contributed by atoms with Gasteiger partial charge in [-0.1, -0.05) is 0 Å². The quantitative estimate of drug-likeness (QED) is 0.684. The zero-order valence-corrected chi connectivity index (χ0v) is 7.36. The van der Waals surface area contributed by atoms with Crippen LogP contribution >= 0.6 is 0 Å². The number of hydrogen-bond acceptors (Lipinski definition) is 1. The lowest BCUT2D eigenvalue weighted by Crippen LogP contribution is -1.87. The van der Waals surface area contributed by atoms with Crippen molar-refractivity contribution < 1.29 is 8.78 Å². The van der Waals surface area contributed by atoms with Crippen LogP contribution in [0.3, 0.4) is 0 Å². The Hall–Kier alpha value is -1.89. The van der Waals surface area contributed by atoms with Crippen molar-refractivity contribution in [3.63, 3.8) is 0 Å². The summed E-state index contributed by atoms with van der Waals surface area (Å²) in [5, 5.41) is 9.13. The van der Waals surface area contributed by atoms with Crippen molar-refractivity contribution in [1.82, 2.24) is 4.98 Å². The molecule has 0 saturated heterocycles. The maximum atomic E-state index is 13.2. The van der Waals surface area contributed by atoms with Gasteiger partial charge >= 0.3 is 0 Å². The van der Waals surface area contributed by atoms with E-state index >= 15 is 0 Å². The van der Waals surface area contributed by atoms with Crippen LogP contribution in [0.2, 0.25) is 0 Å². The molecule has 1 aromatic heterocycles. The minimum Gasteiger partial charge on any atom is -0.344 e. The molecule has 2 aromatic rings. The van der Waals surface area contributed by atoms with Crippen LogP contribution in [0.25, 0.3) is 10.9 Å². The largest absolute Gasteiger partial charge is 0.344 e. The summed E-state index contributed by atoms with van der Waals surface area (Å²) in [6.07, 6.45) is 0. The highest BCUT2D eigenvalue weighted by atomic mass is 19.2. The van der Waals surface area contributed by atoms with Crippen molar-refractivity contribution in [2.75, 3.05) is 0 Å². The second-order valence-electron chi connectivity index (χ2n) is 3.07. The van der Waals surface area contributed by atoms with Gasteiger partial charge in [0.2, 0.25) is 0 Å². The number of halogens is 2. The van der Waals surface area contributed by atoms with Crippen molar-refractivity contribution >= 4 is 10.9 Å². The van der Waals surface area contributed by atoms with Gasteiger partial charge in [0.15, 0.2) is 11.6 Å². The number of nitrogens with one attached hydrogen (secondary N) is 1. The Bertz CT molecular complexity index is 549. The number of aryl methyl sites for hydroxylation is 1. The summed E-state index contributed by atoms with van der Waals surface area (Å²) in [5.74, 6) is -1.84. The van der Waals surface area contributed by atoms with Crippen molar-refractivity contribution in [1.29, 1.82) is 5.26 Å². The normalized spacial score (nSPS) is 10.4. The fourth-order valence-corrected chi connectivity index (χ4v) is 1.45. The van der Waals surface area contributed by atoms with Crippen LogP contribution in [0, 0.1) is 29.9 Å². The number of fused-ring (bicyclic) bond motifs is 1. The summed E-state index contributed by atoms with van der Waals surface area (Å²) < 4.78 is 26.2. The van der Waals surface area contributed by atoms with Gasteiger partial charge in [-0.3, -0.25) is 0 Å². The van der Waals surface area contributed by atoms with E-state index in [9.17, 15) is 8.78 Å². The third kappa shape index (κ3) is 1.06. The second-order valence-corrected chi connectivity index (χ2v) is 3.07. The van der Waals surface area contributed by atoms with Crippen LogP contribution in [0.1, 0.15) is 11.3 Å². The fraction of sp³-hybridized carbons (Fsp3) is 0.100. The van der Waals surface area contributed by atoms with Crippen molar-refractivity contribution in [2.24, 2.45) is 0 Å². The van der Waals surface area contributed by atoms with Crippen LogP contribution in [-0.2, 0) is 0 Å². The maximum Gasteiger partial charge on any atom is 0.182 e. The molecule has 4 heteroatoms. The summed E-state index contributed by atoms with van der Waals surface area (Å²) in [5.41, 5.74) is 0.892. The molecule has 0 radical (unpaired) electrons. The number of benzene rings is 1. The molecule has 2 nitrogen and oxygen atoms in total. The van der Waals surface area contributed by atoms with E-state index in [4.69, 9.17) is 5.26 Å². The minimum absolute atomic E-state index is 0.0547. The zero-order chi connectivity index (χ0) is 10.3. The molecule has 0 aliphatic heterocycles. The lowest BCUT2D eigenvalue weighted by Gasteiger charge is -1.98. The van der Waals surface area contributed by atoms with Crippen molar-refractivity contribution in [2.45, 2.75) is 6.92 Å². The highest BCUT2D eigenvalue weighted by molar-refractivity contribution is 5.85. The lowest BCUT2D eigenvalue weighted by atomic mass is 10.1. The van der Waals surface area contributed by atoms with Gasteiger partial charge in [0.1, 0.15) is 11.8 Å². The van der Waals surface area contributed by atoms with Crippen LogP contribution in [0.4, 0.5) is 8.78 Å². The molecule has 2 rings (SSSR count). The van der Waals surface area contributed by atoms with Crippen molar-refractivity contribution in [3.8, 4) is 6.07 Å². The molecule has 0 bridgehead atoms. The maximum absolute atomic E-state index is 13.2. The molecule has 1 N–H and O–H groups in total. The van der Waals surface area contributed by atoms with Gasteiger partial charge in [-0.15, -0.1) is 0 Å². The highest BCUT2D eigenvalue weighted by Crippen LogP contribution is 2.24. The molecule has 0 saturated carbocycles. The lowest BCUT2D eigenvalue weighted by molar-refractivity contribution is 0.515. The Kier molecular flexibility index (Phi) is 1.74. The molecule has 0 aliphatic rings. The second kappa shape index (κ2) is 2.81. The first-order valence-corrected chi connectivity index (χ1v) is 4.01. The standard InChI is InChI=1S/C10H6F2N2/c1-5-2-8(11)9(12)10-7(5)3-6(4-13)14-10/h2-3,14H,1H3. The Morgan fingerprint density at radius 2 is 2.07 bits per heavy atom. The van der Waals surface area contributed by atoms with Crippen LogP contribution in [-0.4, -0.2) is 4.98 Å². The van der Waals surface area contributed by atoms with E-state index in [1.54, 1.807) is 6.92 Å². The number of H-pyrrole nitrogens is 1. The number of hydrogen-bond donors (Lipinski definition) is 1. The van der Waals surface area contributed by atoms with Crippen LogP contribution in [0.5, 0.6) is 0 Å². The molecule has 0 fully saturated rings. The van der Waals surface area contributed by atoms with E-state index in [2.05, 4.69) is 4.98 Å². The Labute approximate surface area is 78.8 Å². The SMILES string of the molecule is Cc1cc(F)c(F)c2[nH]c(C#N)cc12. The summed E-state index contributed by atoms with van der Waals surface area (Å²) in [6, 6.07) is 4.47. The Balaban J connectivity index is 2.93. The number of nitriles is 1. The van der Waals surface area contributed by atoms with Gasteiger partial charge in [0, 0.05) is 5.39 Å². The molecule has 0 spiro atoms. The first-order chi connectivity index (χ1) is 6.63. The summed E-state index contributed by atoms with van der Waals surface area (Å²) in [4.78, 5) is 2.52. The Morgan fingerprint density at radius 1 is 1.36 bits per heavy atom. The molecule has 1 heterocycles. The van der Waals surface area contributed by atoms with E-state index in [0.717, 1.165) is 6.07 Å². The summed E-state index contributed by atoms with van der Waals surface area (Å²) in [7, 11) is 0. The van der Waals surface area contributed by atoms with E-state index in [0.29, 0.717) is 10.9 Å². The predicted octanol–water partition coefficient (Wildman–Crippen LogP) is 2.63. The Morgan fingerprint density at radius 3 is 2.71 bits per heavy atom. The van der Waals surface area contributed by atoms with Gasteiger partial charge < -0.3 is 4.98 Å². The molecule has 0 atom stereocenters. The first kappa shape index (κ1) is 8.70. The molecular weight excluding hydrogens is 186 g/mol. The molecule has 70 valence electrons. The monoisotopic (exact) mass is 192 g/mol. The third-order valence-electron chi connectivity index (χ3n) is 2.14.